The predicted octanol–water partition coefficient (Wildman–Crippen LogP) is 3.00. The van der Waals surface area contributed by atoms with Crippen molar-refractivity contribution in [1.29, 1.82) is 0 Å². The number of halogens is 6. The molecule has 0 saturated carbocycles. The number of hydrogen-bond donors (Lipinski definition) is 2. The van der Waals surface area contributed by atoms with Gasteiger partial charge in [0.15, 0.2) is 0 Å². The van der Waals surface area contributed by atoms with Gasteiger partial charge in [0.25, 0.3) is 5.60 Å². The van der Waals surface area contributed by atoms with E-state index < -0.39 is 29.1 Å². The normalized spacial score (nSPS) is 14.2. The van der Waals surface area contributed by atoms with E-state index in [1.54, 1.807) is 20.8 Å². The van der Waals surface area contributed by atoms with Gasteiger partial charge >= 0.3 is 12.4 Å². The summed E-state index contributed by atoms with van der Waals surface area (Å²) in [6, 6.07) is 0. The fraction of sp³-hybridized carbons (Fsp3) is 0.636. The van der Waals surface area contributed by atoms with Gasteiger partial charge < -0.3 is 10.4 Å². The molecule has 0 aliphatic carbocycles. The van der Waals surface area contributed by atoms with Gasteiger partial charge in [-0.2, -0.15) is 26.3 Å². The third-order valence-corrected chi connectivity index (χ3v) is 2.38. The summed E-state index contributed by atoms with van der Waals surface area (Å²) in [5.74, 6) is -0.155. The number of hydrogen-bond acceptors (Lipinski definition) is 4. The van der Waals surface area contributed by atoms with Gasteiger partial charge in [-0.25, -0.2) is 9.97 Å². The first-order chi connectivity index (χ1) is 9.18. The second-order valence-corrected chi connectivity index (χ2v) is 5.38. The Morgan fingerprint density at radius 1 is 0.905 bits per heavy atom. The van der Waals surface area contributed by atoms with E-state index in [4.69, 9.17) is 5.11 Å². The van der Waals surface area contributed by atoms with E-state index >= 15 is 0 Å². The molecular weight excluding hydrogens is 304 g/mol. The first kappa shape index (κ1) is 17.5. The minimum Gasteiger partial charge on any atom is -0.369 e. The van der Waals surface area contributed by atoms with Crippen LogP contribution in [0.5, 0.6) is 0 Å². The van der Waals surface area contributed by atoms with Crippen molar-refractivity contribution < 1.29 is 31.4 Å². The van der Waals surface area contributed by atoms with Gasteiger partial charge in [-0.3, -0.25) is 0 Å². The summed E-state index contributed by atoms with van der Waals surface area (Å²) in [5.41, 5.74) is -7.05. The van der Waals surface area contributed by atoms with Gasteiger partial charge in [0.1, 0.15) is 0 Å². The highest BCUT2D eigenvalue weighted by Crippen LogP contribution is 2.49. The molecule has 0 fully saturated rings. The zero-order valence-electron chi connectivity index (χ0n) is 11.3. The average Bonchev–Trinajstić information content (AvgIpc) is 2.23. The van der Waals surface area contributed by atoms with Crippen LogP contribution in [0, 0.1) is 0 Å². The summed E-state index contributed by atoms with van der Waals surface area (Å²) in [5, 5.41) is 11.8. The van der Waals surface area contributed by atoms with Crippen LogP contribution in [0.1, 0.15) is 26.3 Å². The summed E-state index contributed by atoms with van der Waals surface area (Å²) in [4.78, 5) is 6.75. The summed E-state index contributed by atoms with van der Waals surface area (Å²) < 4.78 is 75.7. The van der Waals surface area contributed by atoms with Crippen molar-refractivity contribution in [3.05, 3.63) is 18.0 Å². The molecule has 1 rings (SSSR count). The monoisotopic (exact) mass is 317 g/mol. The maximum Gasteiger partial charge on any atom is 0.430 e. The highest BCUT2D eigenvalue weighted by molar-refractivity contribution is 5.31. The minimum absolute atomic E-state index is 0.155. The van der Waals surface area contributed by atoms with Crippen molar-refractivity contribution in [3.8, 4) is 0 Å². The van der Waals surface area contributed by atoms with E-state index in [1.807, 2.05) is 0 Å². The summed E-state index contributed by atoms with van der Waals surface area (Å²) in [7, 11) is 0. The van der Waals surface area contributed by atoms with E-state index in [0.29, 0.717) is 12.4 Å². The molecule has 1 heterocycles. The largest absolute Gasteiger partial charge is 0.430 e. The fourth-order valence-corrected chi connectivity index (χ4v) is 1.40. The van der Waals surface area contributed by atoms with Crippen LogP contribution in [0.3, 0.4) is 0 Å². The van der Waals surface area contributed by atoms with Crippen molar-refractivity contribution in [2.24, 2.45) is 0 Å². The van der Waals surface area contributed by atoms with Crippen molar-refractivity contribution in [3.63, 3.8) is 0 Å². The number of alkyl halides is 6. The van der Waals surface area contributed by atoms with E-state index in [1.165, 1.54) is 0 Å². The fourth-order valence-electron chi connectivity index (χ4n) is 1.40. The second kappa shape index (κ2) is 5.00. The number of anilines is 1. The highest BCUT2D eigenvalue weighted by Gasteiger charge is 2.71. The van der Waals surface area contributed by atoms with Crippen LogP contribution in [-0.2, 0) is 5.60 Å². The molecular formula is C11H13F6N3O. The molecule has 0 spiro atoms. The molecule has 1 aromatic heterocycles. The van der Waals surface area contributed by atoms with Crippen LogP contribution >= 0.6 is 0 Å². The van der Waals surface area contributed by atoms with E-state index in [2.05, 4.69) is 15.3 Å². The quantitative estimate of drug-likeness (QED) is 0.823. The van der Waals surface area contributed by atoms with E-state index in [9.17, 15) is 26.3 Å². The number of aromatic nitrogens is 2. The Morgan fingerprint density at radius 3 is 1.57 bits per heavy atom. The zero-order chi connectivity index (χ0) is 16.7. The van der Waals surface area contributed by atoms with Crippen LogP contribution in [0.15, 0.2) is 12.4 Å². The first-order valence-corrected chi connectivity index (χ1v) is 5.65. The molecule has 2 N–H and O–H groups in total. The molecule has 0 aromatic carbocycles. The third-order valence-electron chi connectivity index (χ3n) is 2.38. The lowest BCUT2D eigenvalue weighted by Gasteiger charge is -2.32. The Hall–Kier alpha value is -1.58. The van der Waals surface area contributed by atoms with Crippen molar-refractivity contribution in [1.82, 2.24) is 9.97 Å². The molecule has 0 aliphatic heterocycles. The Bertz CT molecular complexity index is 475. The smallest absolute Gasteiger partial charge is 0.369 e. The average molecular weight is 317 g/mol. The number of rotatable bonds is 2. The van der Waals surface area contributed by atoms with Gasteiger partial charge in [-0.05, 0) is 20.8 Å². The van der Waals surface area contributed by atoms with Crippen LogP contribution in [0.4, 0.5) is 32.3 Å². The molecule has 1 aromatic rings. The van der Waals surface area contributed by atoms with E-state index in [-0.39, 0.29) is 5.95 Å². The predicted molar refractivity (Wildman–Crippen MR) is 61.4 cm³/mol. The molecule has 0 bridgehead atoms. The Balaban J connectivity index is 3.24. The SMILES string of the molecule is CC(C)(C)Nc1ncc(C(O)(C(F)(F)F)C(F)(F)F)cn1. The number of nitrogens with zero attached hydrogens (tertiary/aromatic N) is 2. The van der Waals surface area contributed by atoms with Gasteiger partial charge in [0.05, 0.1) is 0 Å². The lowest BCUT2D eigenvalue weighted by molar-refractivity contribution is -0.376. The molecule has 0 aliphatic rings. The van der Waals surface area contributed by atoms with Crippen molar-refractivity contribution >= 4 is 5.95 Å². The molecule has 4 nitrogen and oxygen atoms in total. The highest BCUT2D eigenvalue weighted by atomic mass is 19.4. The standard InChI is InChI=1S/C11H13F6N3O/c1-8(2,3)20-7-18-4-6(5-19-7)9(21,10(12,13)14)11(15,16)17/h4-5,21H,1-3H3,(H,18,19,20). The van der Waals surface area contributed by atoms with Crippen LogP contribution in [0.25, 0.3) is 0 Å². The van der Waals surface area contributed by atoms with Crippen LogP contribution < -0.4 is 5.32 Å². The summed E-state index contributed by atoms with van der Waals surface area (Å²) in [6.45, 7) is 5.10. The number of aliphatic hydroxyl groups is 1. The van der Waals surface area contributed by atoms with Gasteiger partial charge in [-0.15, -0.1) is 0 Å². The summed E-state index contributed by atoms with van der Waals surface area (Å²) >= 11 is 0. The van der Waals surface area contributed by atoms with Gasteiger partial charge in [0.2, 0.25) is 5.95 Å². The van der Waals surface area contributed by atoms with Gasteiger partial charge in [-0.1, -0.05) is 0 Å². The molecule has 0 saturated heterocycles. The molecule has 0 unspecified atom stereocenters. The molecule has 120 valence electrons. The topological polar surface area (TPSA) is 58.0 Å². The lowest BCUT2D eigenvalue weighted by atomic mass is 9.95. The van der Waals surface area contributed by atoms with Gasteiger partial charge in [0, 0.05) is 23.5 Å². The Labute approximate surface area is 116 Å². The Kier molecular flexibility index (Phi) is 4.16. The summed E-state index contributed by atoms with van der Waals surface area (Å²) in [6.07, 6.45) is -11.3. The van der Waals surface area contributed by atoms with E-state index in [0.717, 1.165) is 0 Å². The first-order valence-electron chi connectivity index (χ1n) is 5.65. The second-order valence-electron chi connectivity index (χ2n) is 5.38. The molecule has 0 radical (unpaired) electrons. The van der Waals surface area contributed by atoms with Crippen LogP contribution in [0.2, 0.25) is 0 Å². The van der Waals surface area contributed by atoms with Crippen molar-refractivity contribution in [2.45, 2.75) is 44.3 Å². The molecule has 0 atom stereocenters. The molecule has 21 heavy (non-hydrogen) atoms. The van der Waals surface area contributed by atoms with Crippen molar-refractivity contribution in [2.75, 3.05) is 5.32 Å². The zero-order valence-corrected chi connectivity index (χ0v) is 11.3. The minimum atomic E-state index is -5.95. The number of nitrogens with one attached hydrogen (secondary N) is 1. The molecule has 10 heteroatoms. The maximum absolute atomic E-state index is 12.6. The molecule has 0 amide bonds. The lowest BCUT2D eigenvalue weighted by Crippen LogP contribution is -2.54. The third kappa shape index (κ3) is 3.55. The Morgan fingerprint density at radius 2 is 1.29 bits per heavy atom. The maximum atomic E-state index is 12.6. The van der Waals surface area contributed by atoms with Crippen LogP contribution in [-0.4, -0.2) is 33.0 Å².